The highest BCUT2D eigenvalue weighted by molar-refractivity contribution is 5.77. The van der Waals surface area contributed by atoms with Crippen LogP contribution in [0.3, 0.4) is 0 Å². The number of ether oxygens (including phenoxy) is 3. The predicted molar refractivity (Wildman–Crippen MR) is 167 cm³/mol. The molecule has 6 rings (SSSR count). The van der Waals surface area contributed by atoms with Crippen LogP contribution < -0.4 is 5.32 Å². The van der Waals surface area contributed by atoms with Crippen molar-refractivity contribution < 1.29 is 24.1 Å². The molecule has 2 N–H and O–H groups in total. The first kappa shape index (κ1) is 30.5. The molecule has 43 heavy (non-hydrogen) atoms. The molecule has 234 valence electrons. The van der Waals surface area contributed by atoms with Crippen molar-refractivity contribution in [2.75, 3.05) is 45.3 Å². The Morgan fingerprint density at radius 3 is 2.95 bits per heavy atom. The average molecular weight is 592 g/mol. The van der Waals surface area contributed by atoms with E-state index in [9.17, 15) is 9.90 Å². The summed E-state index contributed by atoms with van der Waals surface area (Å²) in [5.41, 5.74) is 6.29. The zero-order chi connectivity index (χ0) is 30.0. The molecule has 0 unspecified atom stereocenters. The van der Waals surface area contributed by atoms with Gasteiger partial charge in [0.1, 0.15) is 17.5 Å². The normalized spacial score (nSPS) is 27.5. The lowest BCUT2D eigenvalue weighted by atomic mass is 9.75. The summed E-state index contributed by atoms with van der Waals surface area (Å²) in [6.45, 7) is 7.85. The van der Waals surface area contributed by atoms with Gasteiger partial charge in [0.25, 0.3) is 0 Å². The molecular formula is C35H49N3O5. The summed E-state index contributed by atoms with van der Waals surface area (Å²) in [6.07, 6.45) is 10.1. The molecule has 8 nitrogen and oxygen atoms in total. The van der Waals surface area contributed by atoms with Crippen LogP contribution in [0.1, 0.15) is 104 Å². The minimum absolute atomic E-state index is 0.126. The zero-order valence-electron chi connectivity index (χ0n) is 26.2. The molecule has 1 spiro atoms. The molecule has 2 aromatic rings. The van der Waals surface area contributed by atoms with Crippen LogP contribution in [0.25, 0.3) is 0 Å². The first-order valence-electron chi connectivity index (χ1n) is 16.5. The van der Waals surface area contributed by atoms with Crippen LogP contribution in [0, 0.1) is 6.92 Å². The van der Waals surface area contributed by atoms with Crippen molar-refractivity contribution in [1.82, 2.24) is 9.88 Å². The number of aliphatic carboxylic acids is 1. The molecule has 2 fully saturated rings. The van der Waals surface area contributed by atoms with E-state index < -0.39 is 17.6 Å². The zero-order valence-corrected chi connectivity index (χ0v) is 26.2. The summed E-state index contributed by atoms with van der Waals surface area (Å²) in [4.78, 5) is 19.9. The number of aryl methyl sites for hydroxylation is 3. The Kier molecular flexibility index (Phi) is 9.38. The molecule has 3 aliphatic heterocycles. The maximum Gasteiger partial charge on any atom is 0.325 e. The fraction of sp³-hybridized carbons (Fsp3) is 0.657. The Labute approximate surface area is 256 Å². The summed E-state index contributed by atoms with van der Waals surface area (Å²) in [5.74, 6) is 0.399. The molecule has 1 aromatic carbocycles. The standard InChI is InChI=1S/C35H49N3O5/c1-23-18-29(31-24(2)21-43-35(30(31)19-23)14-7-16-41-22-35)32(34(39)40)38(3)27-12-13-28(20-27)42-17-5-4-9-26-11-10-25-8-6-15-36-33(25)37-26/h10-11,18-19,24,27-28,32H,4-9,12-17,20-22H2,1-3H3,(H,36,37)(H,39,40)/t24-,27+,28+,32+,35-/m1/s1. The van der Waals surface area contributed by atoms with Crippen LogP contribution >= 0.6 is 0 Å². The number of carboxylic acids is 1. The molecule has 0 amide bonds. The van der Waals surface area contributed by atoms with Crippen LogP contribution in [-0.4, -0.2) is 73.1 Å². The van der Waals surface area contributed by atoms with Gasteiger partial charge in [-0.1, -0.05) is 30.7 Å². The van der Waals surface area contributed by atoms with Gasteiger partial charge in [0.2, 0.25) is 0 Å². The highest BCUT2D eigenvalue weighted by atomic mass is 16.5. The van der Waals surface area contributed by atoms with Crippen LogP contribution in [0.5, 0.6) is 0 Å². The van der Waals surface area contributed by atoms with E-state index in [2.05, 4.69) is 48.3 Å². The number of fused-ring (bicyclic) bond motifs is 3. The number of rotatable bonds is 10. The van der Waals surface area contributed by atoms with E-state index in [4.69, 9.17) is 19.2 Å². The second kappa shape index (κ2) is 13.2. The van der Waals surface area contributed by atoms with Gasteiger partial charge in [0, 0.05) is 37.4 Å². The van der Waals surface area contributed by atoms with Gasteiger partial charge in [0.15, 0.2) is 0 Å². The number of anilines is 1. The lowest BCUT2D eigenvalue weighted by Crippen LogP contribution is -2.45. The topological polar surface area (TPSA) is 93.2 Å². The van der Waals surface area contributed by atoms with Crippen molar-refractivity contribution in [3.05, 3.63) is 57.8 Å². The SMILES string of the molecule is Cc1cc([C@@H](C(=O)O)N(C)[C@H]2CC[C@H](OCCCCc3ccc4c(n3)NCCC4)C2)c2c(c1)[C@]1(CCCOC1)OC[C@H]2C. The number of nitrogens with one attached hydrogen (secondary N) is 1. The molecule has 0 bridgehead atoms. The van der Waals surface area contributed by atoms with Crippen LogP contribution in [0.15, 0.2) is 24.3 Å². The number of unbranched alkanes of at least 4 members (excludes halogenated alkanes) is 1. The third kappa shape index (κ3) is 6.48. The number of hydrogen-bond donors (Lipinski definition) is 2. The van der Waals surface area contributed by atoms with E-state index in [1.807, 2.05) is 7.05 Å². The maximum atomic E-state index is 13.0. The number of likely N-dealkylation sites (N-methyl/N-ethyl adjacent to an activating group) is 1. The largest absolute Gasteiger partial charge is 0.480 e. The third-order valence-electron chi connectivity index (χ3n) is 10.2. The number of carboxylic acid groups (broad SMARTS) is 1. The Balaban J connectivity index is 1.07. The summed E-state index contributed by atoms with van der Waals surface area (Å²) in [6, 6.07) is 8.16. The summed E-state index contributed by atoms with van der Waals surface area (Å²) < 4.78 is 18.7. The predicted octanol–water partition coefficient (Wildman–Crippen LogP) is 5.91. The van der Waals surface area contributed by atoms with E-state index >= 15 is 0 Å². The van der Waals surface area contributed by atoms with Crippen molar-refractivity contribution in [2.45, 2.75) is 108 Å². The van der Waals surface area contributed by atoms with Crippen molar-refractivity contribution in [3.63, 3.8) is 0 Å². The van der Waals surface area contributed by atoms with E-state index in [-0.39, 0.29) is 18.1 Å². The highest BCUT2D eigenvalue weighted by Crippen LogP contribution is 2.47. The fourth-order valence-corrected chi connectivity index (χ4v) is 7.86. The quantitative estimate of drug-likeness (QED) is 0.330. The molecule has 1 aliphatic carbocycles. The summed E-state index contributed by atoms with van der Waals surface area (Å²) in [5, 5.41) is 14.1. The molecule has 1 saturated heterocycles. The van der Waals surface area contributed by atoms with Gasteiger partial charge < -0.3 is 24.6 Å². The monoisotopic (exact) mass is 591 g/mol. The second-order valence-electron chi connectivity index (χ2n) is 13.3. The Bertz CT molecular complexity index is 1290. The Hall–Kier alpha value is -2.52. The van der Waals surface area contributed by atoms with Gasteiger partial charge in [0.05, 0.1) is 19.3 Å². The maximum absolute atomic E-state index is 13.0. The van der Waals surface area contributed by atoms with Crippen molar-refractivity contribution in [1.29, 1.82) is 0 Å². The van der Waals surface area contributed by atoms with Crippen molar-refractivity contribution in [2.24, 2.45) is 0 Å². The first-order valence-corrected chi connectivity index (χ1v) is 16.5. The third-order valence-corrected chi connectivity index (χ3v) is 10.2. The molecule has 4 heterocycles. The number of benzene rings is 1. The fourth-order valence-electron chi connectivity index (χ4n) is 7.86. The van der Waals surface area contributed by atoms with Gasteiger partial charge in [-0.05, 0) is 106 Å². The van der Waals surface area contributed by atoms with Crippen LogP contribution in [-0.2, 0) is 37.4 Å². The smallest absolute Gasteiger partial charge is 0.325 e. The lowest BCUT2D eigenvalue weighted by molar-refractivity contribution is -0.147. The van der Waals surface area contributed by atoms with Gasteiger partial charge in [-0.15, -0.1) is 0 Å². The molecule has 1 saturated carbocycles. The summed E-state index contributed by atoms with van der Waals surface area (Å²) in [7, 11) is 1.99. The van der Waals surface area contributed by atoms with E-state index in [0.717, 1.165) is 111 Å². The summed E-state index contributed by atoms with van der Waals surface area (Å²) >= 11 is 0. The Morgan fingerprint density at radius 1 is 1.26 bits per heavy atom. The number of hydrogen-bond acceptors (Lipinski definition) is 7. The van der Waals surface area contributed by atoms with Gasteiger partial charge in [-0.2, -0.15) is 0 Å². The molecule has 4 aliphatic rings. The van der Waals surface area contributed by atoms with Crippen molar-refractivity contribution in [3.8, 4) is 0 Å². The van der Waals surface area contributed by atoms with E-state index in [1.165, 1.54) is 12.0 Å². The molecular weight excluding hydrogens is 542 g/mol. The van der Waals surface area contributed by atoms with E-state index in [1.54, 1.807) is 0 Å². The molecule has 8 heteroatoms. The Morgan fingerprint density at radius 2 is 2.14 bits per heavy atom. The van der Waals surface area contributed by atoms with Crippen LogP contribution in [0.4, 0.5) is 5.82 Å². The van der Waals surface area contributed by atoms with Crippen LogP contribution in [0.2, 0.25) is 0 Å². The highest BCUT2D eigenvalue weighted by Gasteiger charge is 2.45. The number of carbonyl (C=O) groups is 1. The van der Waals surface area contributed by atoms with E-state index in [0.29, 0.717) is 13.2 Å². The number of aromatic nitrogens is 1. The number of nitrogens with zero attached hydrogens (tertiary/aromatic N) is 2. The van der Waals surface area contributed by atoms with Crippen molar-refractivity contribution >= 4 is 11.8 Å². The minimum Gasteiger partial charge on any atom is -0.480 e. The van der Waals surface area contributed by atoms with Gasteiger partial charge >= 0.3 is 5.97 Å². The second-order valence-corrected chi connectivity index (χ2v) is 13.3. The first-order chi connectivity index (χ1) is 20.8. The average Bonchev–Trinajstić information content (AvgIpc) is 3.48. The molecule has 5 atom stereocenters. The minimum atomic E-state index is -0.793. The van der Waals surface area contributed by atoms with Gasteiger partial charge in [-0.3, -0.25) is 9.69 Å². The number of pyridine rings is 1. The lowest BCUT2D eigenvalue weighted by Gasteiger charge is -2.45. The molecule has 1 aromatic heterocycles. The van der Waals surface area contributed by atoms with Gasteiger partial charge in [-0.25, -0.2) is 4.98 Å². The molecule has 0 radical (unpaired) electrons.